The van der Waals surface area contributed by atoms with Crippen LogP contribution in [-0.4, -0.2) is 30.3 Å². The third-order valence-electron chi connectivity index (χ3n) is 5.52. The second kappa shape index (κ2) is 7.81. The Hall–Kier alpha value is -4.20. The molecule has 2 N–H and O–H groups in total. The lowest BCUT2D eigenvalue weighted by atomic mass is 10.0. The van der Waals surface area contributed by atoms with Gasteiger partial charge in [-0.1, -0.05) is 12.1 Å². The molecule has 0 bridgehead atoms. The van der Waals surface area contributed by atoms with Gasteiger partial charge < -0.3 is 19.2 Å². The average Bonchev–Trinajstić information content (AvgIpc) is 3.47. The number of rotatable bonds is 5. The Morgan fingerprint density at radius 3 is 2.66 bits per heavy atom. The number of amides is 1. The number of para-hydroxylation sites is 1. The number of benzene rings is 2. The van der Waals surface area contributed by atoms with Crippen molar-refractivity contribution in [3.63, 3.8) is 0 Å². The maximum Gasteiger partial charge on any atom is 0.262 e. The first-order valence-electron chi connectivity index (χ1n) is 10.1. The number of carbonyl (C=O) groups is 1. The van der Waals surface area contributed by atoms with Crippen LogP contribution < -0.4 is 19.7 Å². The molecule has 3 heterocycles. The molecule has 2 aromatic heterocycles. The molecule has 1 aliphatic rings. The number of ether oxygens (including phenoxy) is 2. The second-order valence-electron chi connectivity index (χ2n) is 7.42. The molecule has 0 saturated carbocycles. The molecule has 32 heavy (non-hydrogen) atoms. The fraction of sp³-hybridized carbons (Fsp3) is 0.167. The molecule has 0 fully saturated rings. The van der Waals surface area contributed by atoms with E-state index in [9.17, 15) is 4.79 Å². The number of anilines is 2. The highest BCUT2D eigenvalue weighted by Gasteiger charge is 2.37. The molecule has 0 spiro atoms. The van der Waals surface area contributed by atoms with E-state index in [2.05, 4.69) is 15.5 Å². The molecule has 8 heteroatoms. The minimum absolute atomic E-state index is 0.157. The molecule has 162 valence electrons. The van der Waals surface area contributed by atoms with Crippen molar-refractivity contribution in [2.75, 3.05) is 24.4 Å². The Balaban J connectivity index is 1.69. The minimum Gasteiger partial charge on any atom is -0.497 e. The summed E-state index contributed by atoms with van der Waals surface area (Å²) in [7, 11) is 3.15. The number of furan rings is 1. The lowest BCUT2D eigenvalue weighted by Crippen LogP contribution is -2.43. The van der Waals surface area contributed by atoms with E-state index in [1.807, 2.05) is 43.3 Å². The number of aryl methyl sites for hydroxylation is 1. The number of nitrogens with zero attached hydrogens (tertiary/aromatic N) is 2. The number of hydrogen-bond acceptors (Lipinski definition) is 6. The Morgan fingerprint density at radius 2 is 1.91 bits per heavy atom. The van der Waals surface area contributed by atoms with Crippen LogP contribution in [0.3, 0.4) is 0 Å². The predicted octanol–water partition coefficient (Wildman–Crippen LogP) is 4.77. The van der Waals surface area contributed by atoms with E-state index in [4.69, 9.17) is 13.9 Å². The zero-order chi connectivity index (χ0) is 22.2. The van der Waals surface area contributed by atoms with Crippen molar-refractivity contribution >= 4 is 17.3 Å². The lowest BCUT2D eigenvalue weighted by Gasteiger charge is -2.38. The summed E-state index contributed by atoms with van der Waals surface area (Å²) in [5.41, 5.74) is 3.38. The summed E-state index contributed by atoms with van der Waals surface area (Å²) < 4.78 is 16.8. The number of nitrogens with one attached hydrogen (secondary N) is 2. The summed E-state index contributed by atoms with van der Waals surface area (Å²) in [4.78, 5) is 15.4. The van der Waals surface area contributed by atoms with E-state index in [1.54, 1.807) is 43.5 Å². The molecule has 0 radical (unpaired) electrons. The summed E-state index contributed by atoms with van der Waals surface area (Å²) in [6.07, 6.45) is 1.15. The van der Waals surface area contributed by atoms with Crippen LogP contribution in [-0.2, 0) is 0 Å². The third kappa shape index (κ3) is 3.17. The van der Waals surface area contributed by atoms with Gasteiger partial charge in [0.15, 0.2) is 5.76 Å². The minimum atomic E-state index is -0.557. The maximum absolute atomic E-state index is 13.7. The van der Waals surface area contributed by atoms with Crippen LogP contribution in [0.15, 0.2) is 65.2 Å². The van der Waals surface area contributed by atoms with Crippen LogP contribution in [0.1, 0.15) is 27.8 Å². The first-order valence-corrected chi connectivity index (χ1v) is 10.1. The number of fused-ring (bicyclic) bond motifs is 1. The summed E-state index contributed by atoms with van der Waals surface area (Å²) >= 11 is 0. The zero-order valence-electron chi connectivity index (χ0n) is 17.9. The van der Waals surface area contributed by atoms with Crippen LogP contribution in [0.5, 0.6) is 11.5 Å². The third-order valence-corrected chi connectivity index (χ3v) is 5.52. The molecule has 1 aliphatic heterocycles. The molecule has 1 atom stereocenters. The van der Waals surface area contributed by atoms with E-state index in [-0.39, 0.29) is 5.91 Å². The van der Waals surface area contributed by atoms with Gasteiger partial charge in [0.05, 0.1) is 31.7 Å². The van der Waals surface area contributed by atoms with E-state index < -0.39 is 6.17 Å². The van der Waals surface area contributed by atoms with E-state index in [1.165, 1.54) is 0 Å². The number of methoxy groups -OCH3 is 2. The van der Waals surface area contributed by atoms with Gasteiger partial charge in [0.25, 0.3) is 5.91 Å². The summed E-state index contributed by atoms with van der Waals surface area (Å²) in [5, 5.41) is 10.8. The van der Waals surface area contributed by atoms with Gasteiger partial charge in [-0.15, -0.1) is 0 Å². The van der Waals surface area contributed by atoms with Crippen molar-refractivity contribution in [1.82, 2.24) is 10.2 Å². The lowest BCUT2D eigenvalue weighted by molar-refractivity contribution is 0.0974. The SMILES string of the molecule is COc1ccc(N2C(=O)c3ccccc3NC2c2cn[nH]c2-c2ccc(C)o2)c(OC)c1. The molecule has 1 amide bonds. The number of aromatic nitrogens is 2. The van der Waals surface area contributed by atoms with Gasteiger partial charge in [-0.3, -0.25) is 14.8 Å². The molecule has 1 unspecified atom stereocenters. The smallest absolute Gasteiger partial charge is 0.262 e. The van der Waals surface area contributed by atoms with Gasteiger partial charge in [-0.25, -0.2) is 0 Å². The molecule has 0 aliphatic carbocycles. The fourth-order valence-corrected chi connectivity index (χ4v) is 3.97. The van der Waals surface area contributed by atoms with Gasteiger partial charge >= 0.3 is 0 Å². The Labute approximate surface area is 184 Å². The number of H-pyrrole nitrogens is 1. The van der Waals surface area contributed by atoms with Crippen LogP contribution in [0.25, 0.3) is 11.5 Å². The number of aromatic amines is 1. The maximum atomic E-state index is 13.7. The summed E-state index contributed by atoms with van der Waals surface area (Å²) in [6.45, 7) is 1.88. The molecule has 2 aromatic carbocycles. The van der Waals surface area contributed by atoms with Crippen molar-refractivity contribution in [1.29, 1.82) is 0 Å². The highest BCUT2D eigenvalue weighted by molar-refractivity contribution is 6.12. The molecular formula is C24H22N4O4. The van der Waals surface area contributed by atoms with Gasteiger partial charge in [-0.05, 0) is 43.3 Å². The first-order chi connectivity index (χ1) is 15.6. The highest BCUT2D eigenvalue weighted by Crippen LogP contribution is 2.43. The van der Waals surface area contributed by atoms with Gasteiger partial charge in [0.2, 0.25) is 0 Å². The number of carbonyl (C=O) groups excluding carboxylic acids is 1. The van der Waals surface area contributed by atoms with Crippen molar-refractivity contribution in [3.05, 3.63) is 77.7 Å². The van der Waals surface area contributed by atoms with Crippen LogP contribution >= 0.6 is 0 Å². The standard InChI is InChI=1S/C24H22N4O4/c1-14-8-11-20(32-14)22-17(13-25-27-22)23-26-18-7-5-4-6-16(18)24(29)28(23)19-10-9-15(30-2)12-21(19)31-3/h4-13,23,26H,1-3H3,(H,25,27). The molecule has 5 rings (SSSR count). The first kappa shape index (κ1) is 19.7. The zero-order valence-corrected chi connectivity index (χ0v) is 17.9. The second-order valence-corrected chi connectivity index (χ2v) is 7.42. The fourth-order valence-electron chi connectivity index (χ4n) is 3.97. The van der Waals surface area contributed by atoms with Gasteiger partial charge in [0, 0.05) is 17.3 Å². The molecule has 8 nitrogen and oxygen atoms in total. The van der Waals surface area contributed by atoms with E-state index in [0.717, 1.165) is 17.0 Å². The average molecular weight is 430 g/mol. The Kier molecular flexibility index (Phi) is 4.82. The van der Waals surface area contributed by atoms with Crippen molar-refractivity contribution in [2.24, 2.45) is 0 Å². The van der Waals surface area contributed by atoms with Gasteiger partial charge in [-0.2, -0.15) is 5.10 Å². The van der Waals surface area contributed by atoms with Crippen LogP contribution in [0.2, 0.25) is 0 Å². The van der Waals surface area contributed by atoms with Crippen LogP contribution in [0, 0.1) is 6.92 Å². The largest absolute Gasteiger partial charge is 0.497 e. The molecule has 4 aromatic rings. The molecular weight excluding hydrogens is 408 g/mol. The highest BCUT2D eigenvalue weighted by atomic mass is 16.5. The Morgan fingerprint density at radius 1 is 1.06 bits per heavy atom. The normalized spacial score (nSPS) is 15.3. The van der Waals surface area contributed by atoms with E-state index in [0.29, 0.717) is 34.2 Å². The summed E-state index contributed by atoms with van der Waals surface area (Å²) in [6, 6.07) is 16.6. The van der Waals surface area contributed by atoms with Crippen molar-refractivity contribution < 1.29 is 18.7 Å². The van der Waals surface area contributed by atoms with E-state index >= 15 is 0 Å². The monoisotopic (exact) mass is 430 g/mol. The summed E-state index contributed by atoms with van der Waals surface area (Å²) in [5.74, 6) is 2.42. The molecule has 0 saturated heterocycles. The van der Waals surface area contributed by atoms with Crippen LogP contribution in [0.4, 0.5) is 11.4 Å². The number of hydrogen-bond donors (Lipinski definition) is 2. The Bertz CT molecular complexity index is 1290. The van der Waals surface area contributed by atoms with Crippen molar-refractivity contribution in [3.8, 4) is 23.0 Å². The van der Waals surface area contributed by atoms with Crippen molar-refractivity contribution in [2.45, 2.75) is 13.1 Å². The topological polar surface area (TPSA) is 92.6 Å². The quantitative estimate of drug-likeness (QED) is 0.474. The predicted molar refractivity (Wildman–Crippen MR) is 120 cm³/mol. The van der Waals surface area contributed by atoms with Gasteiger partial charge in [0.1, 0.15) is 29.1 Å².